The molecule has 2 saturated carbocycles. The fraction of sp³-hybridized carbons (Fsp3) is 0.625. The maximum absolute atomic E-state index is 12.6. The molecule has 2 atom stereocenters. The van der Waals surface area contributed by atoms with Gasteiger partial charge in [0.2, 0.25) is 5.91 Å². The van der Waals surface area contributed by atoms with Gasteiger partial charge in [-0.25, -0.2) is 4.98 Å². The number of carbonyl (C=O) groups excluding carboxylic acids is 1. The summed E-state index contributed by atoms with van der Waals surface area (Å²) in [7, 11) is 1.94. The highest BCUT2D eigenvalue weighted by Crippen LogP contribution is 2.58. The summed E-state index contributed by atoms with van der Waals surface area (Å²) in [4.78, 5) is 21.4. The molecular weight excluding hydrogens is 282 g/mol. The van der Waals surface area contributed by atoms with Gasteiger partial charge in [0.05, 0.1) is 17.9 Å². The zero-order valence-electron chi connectivity index (χ0n) is 12.8. The first kappa shape index (κ1) is 13.3. The van der Waals surface area contributed by atoms with E-state index in [1.807, 2.05) is 18.9 Å². The van der Waals surface area contributed by atoms with Crippen LogP contribution in [0.1, 0.15) is 35.5 Å². The van der Waals surface area contributed by atoms with Crippen molar-refractivity contribution in [1.29, 1.82) is 0 Å². The molecular formula is C16H21N3OS. The fourth-order valence-corrected chi connectivity index (χ4v) is 4.93. The fourth-order valence-electron chi connectivity index (χ4n) is 4.04. The molecule has 0 spiro atoms. The van der Waals surface area contributed by atoms with Gasteiger partial charge in [-0.2, -0.15) is 0 Å². The molecule has 0 bridgehead atoms. The second-order valence-electron chi connectivity index (χ2n) is 6.62. The number of imidazole rings is 1. The van der Waals surface area contributed by atoms with Gasteiger partial charge in [-0.05, 0) is 38.5 Å². The predicted octanol–water partition coefficient (Wildman–Crippen LogP) is 3.02. The number of rotatable bonds is 3. The van der Waals surface area contributed by atoms with Crippen molar-refractivity contribution in [3.8, 4) is 0 Å². The highest BCUT2D eigenvalue weighted by atomic mass is 32.1. The van der Waals surface area contributed by atoms with Crippen LogP contribution in [0, 0.1) is 31.6 Å². The molecule has 0 aliphatic heterocycles. The van der Waals surface area contributed by atoms with E-state index in [1.165, 1.54) is 24.1 Å². The summed E-state index contributed by atoms with van der Waals surface area (Å²) in [5, 5.41) is 0. The molecule has 2 aromatic rings. The third-order valence-electron chi connectivity index (χ3n) is 5.20. The molecule has 4 rings (SSSR count). The lowest BCUT2D eigenvalue weighted by atomic mass is 10.1. The van der Waals surface area contributed by atoms with Crippen molar-refractivity contribution < 1.29 is 4.79 Å². The molecule has 0 N–H and O–H groups in total. The smallest absolute Gasteiger partial charge is 0.226 e. The third kappa shape index (κ3) is 2.01. The van der Waals surface area contributed by atoms with E-state index in [1.54, 1.807) is 11.3 Å². The van der Waals surface area contributed by atoms with Crippen LogP contribution in [0.2, 0.25) is 0 Å². The van der Waals surface area contributed by atoms with Gasteiger partial charge in [0.25, 0.3) is 0 Å². The number of hydrogen-bond donors (Lipinski definition) is 0. The normalized spacial score (nSPS) is 27.1. The minimum atomic E-state index is 0.316. The summed E-state index contributed by atoms with van der Waals surface area (Å²) >= 11 is 1.70. The minimum Gasteiger partial charge on any atom is -0.340 e. The molecule has 1 amide bonds. The van der Waals surface area contributed by atoms with Crippen LogP contribution in [0.15, 0.2) is 6.20 Å². The first-order chi connectivity index (χ1) is 10.1. The molecule has 0 radical (unpaired) electrons. The monoisotopic (exact) mass is 303 g/mol. The number of aryl methyl sites for hydroxylation is 2. The summed E-state index contributed by atoms with van der Waals surface area (Å²) in [5.41, 5.74) is 2.19. The third-order valence-corrected chi connectivity index (χ3v) is 6.09. The van der Waals surface area contributed by atoms with Gasteiger partial charge in [-0.15, -0.1) is 11.3 Å². The molecule has 2 fully saturated rings. The maximum Gasteiger partial charge on any atom is 0.226 e. The van der Waals surface area contributed by atoms with Crippen molar-refractivity contribution in [2.24, 2.45) is 17.8 Å². The van der Waals surface area contributed by atoms with Crippen LogP contribution in [0.5, 0.6) is 0 Å². The molecule has 2 heterocycles. The van der Waals surface area contributed by atoms with Crippen LogP contribution in [0.4, 0.5) is 0 Å². The van der Waals surface area contributed by atoms with Gasteiger partial charge in [-0.1, -0.05) is 6.42 Å². The SMILES string of the molecule is Cc1cn2c(CN(C)C(=O)C3[C@H]4CCC[C@H]34)c(C)nc2s1. The Bertz CT molecular complexity index is 706. The van der Waals surface area contributed by atoms with E-state index in [0.717, 1.165) is 16.3 Å². The second kappa shape index (κ2) is 4.57. The largest absolute Gasteiger partial charge is 0.340 e. The number of thiazole rings is 1. The lowest BCUT2D eigenvalue weighted by molar-refractivity contribution is -0.132. The summed E-state index contributed by atoms with van der Waals surface area (Å²) in [6, 6.07) is 0. The van der Waals surface area contributed by atoms with Gasteiger partial charge in [0.15, 0.2) is 4.96 Å². The second-order valence-corrected chi connectivity index (χ2v) is 7.83. The van der Waals surface area contributed by atoms with Crippen LogP contribution in [-0.2, 0) is 11.3 Å². The number of fused-ring (bicyclic) bond motifs is 2. The van der Waals surface area contributed by atoms with E-state index in [-0.39, 0.29) is 0 Å². The Labute approximate surface area is 128 Å². The van der Waals surface area contributed by atoms with Crippen molar-refractivity contribution in [2.45, 2.75) is 39.7 Å². The van der Waals surface area contributed by atoms with Crippen molar-refractivity contribution >= 4 is 22.2 Å². The highest BCUT2D eigenvalue weighted by Gasteiger charge is 2.57. The van der Waals surface area contributed by atoms with Crippen molar-refractivity contribution in [1.82, 2.24) is 14.3 Å². The standard InChI is InChI=1S/C16H21N3OS/c1-9-7-19-13(10(2)17-16(19)21-9)8-18(3)15(20)14-11-5-4-6-12(11)14/h7,11-12,14H,4-6,8H2,1-3H3/t11-,12-/m0/s1. The van der Waals surface area contributed by atoms with Gasteiger partial charge >= 0.3 is 0 Å². The van der Waals surface area contributed by atoms with E-state index >= 15 is 0 Å². The number of hydrogen-bond acceptors (Lipinski definition) is 3. The first-order valence-corrected chi connectivity index (χ1v) is 8.57. The molecule has 4 nitrogen and oxygen atoms in total. The Kier molecular flexibility index (Phi) is 2.89. The van der Waals surface area contributed by atoms with E-state index in [0.29, 0.717) is 30.2 Å². The lowest BCUT2D eigenvalue weighted by Crippen LogP contribution is -2.29. The van der Waals surface area contributed by atoms with Gasteiger partial charge in [0.1, 0.15) is 0 Å². The van der Waals surface area contributed by atoms with Crippen molar-refractivity contribution in [2.75, 3.05) is 7.05 Å². The minimum absolute atomic E-state index is 0.316. The molecule has 2 aromatic heterocycles. The van der Waals surface area contributed by atoms with E-state index in [2.05, 4.69) is 22.5 Å². The topological polar surface area (TPSA) is 37.6 Å². The number of nitrogens with zero attached hydrogens (tertiary/aromatic N) is 3. The van der Waals surface area contributed by atoms with Gasteiger partial charge < -0.3 is 4.90 Å². The quantitative estimate of drug-likeness (QED) is 0.874. The zero-order chi connectivity index (χ0) is 14.7. The molecule has 112 valence electrons. The van der Waals surface area contributed by atoms with Crippen LogP contribution < -0.4 is 0 Å². The zero-order valence-corrected chi connectivity index (χ0v) is 13.6. The summed E-state index contributed by atoms with van der Waals surface area (Å²) in [5.74, 6) is 2.03. The molecule has 0 saturated heterocycles. The van der Waals surface area contributed by atoms with Gasteiger partial charge in [-0.3, -0.25) is 9.20 Å². The Hall–Kier alpha value is -1.36. The van der Waals surface area contributed by atoms with Crippen LogP contribution in [-0.4, -0.2) is 27.2 Å². The number of aromatic nitrogens is 2. The Balaban J connectivity index is 1.54. The van der Waals surface area contributed by atoms with Crippen molar-refractivity contribution in [3.63, 3.8) is 0 Å². The lowest BCUT2D eigenvalue weighted by Gasteiger charge is -2.18. The molecule has 2 aliphatic rings. The molecule has 5 heteroatoms. The van der Waals surface area contributed by atoms with Crippen molar-refractivity contribution in [3.05, 3.63) is 22.5 Å². The van der Waals surface area contributed by atoms with Crippen LogP contribution >= 0.6 is 11.3 Å². The van der Waals surface area contributed by atoms with E-state index in [9.17, 15) is 4.79 Å². The molecule has 21 heavy (non-hydrogen) atoms. The number of amides is 1. The highest BCUT2D eigenvalue weighted by molar-refractivity contribution is 7.17. The maximum atomic E-state index is 12.6. The summed E-state index contributed by atoms with van der Waals surface area (Å²) in [6.07, 6.45) is 5.96. The Morgan fingerprint density at radius 1 is 1.43 bits per heavy atom. The summed E-state index contributed by atoms with van der Waals surface area (Å²) in [6.45, 7) is 4.80. The van der Waals surface area contributed by atoms with Crippen LogP contribution in [0.3, 0.4) is 0 Å². The van der Waals surface area contributed by atoms with Crippen LogP contribution in [0.25, 0.3) is 4.96 Å². The molecule has 2 aliphatic carbocycles. The van der Waals surface area contributed by atoms with Gasteiger partial charge in [0, 0.05) is 24.0 Å². The Morgan fingerprint density at radius 3 is 2.86 bits per heavy atom. The summed E-state index contributed by atoms with van der Waals surface area (Å²) < 4.78 is 2.15. The molecule has 0 unspecified atom stereocenters. The number of carbonyl (C=O) groups is 1. The predicted molar refractivity (Wildman–Crippen MR) is 83.3 cm³/mol. The molecule has 0 aromatic carbocycles. The average molecular weight is 303 g/mol. The first-order valence-electron chi connectivity index (χ1n) is 7.75. The Morgan fingerprint density at radius 2 is 2.14 bits per heavy atom. The average Bonchev–Trinajstić information content (AvgIpc) is 2.78. The van der Waals surface area contributed by atoms with E-state index in [4.69, 9.17) is 0 Å². The van der Waals surface area contributed by atoms with E-state index < -0.39 is 0 Å².